The molecule has 5 nitrogen and oxygen atoms in total. The van der Waals surface area contributed by atoms with Gasteiger partial charge in [-0.05, 0) is 57.8 Å². The molecule has 1 aliphatic carbocycles. The predicted octanol–water partition coefficient (Wildman–Crippen LogP) is 6.04. The van der Waals surface area contributed by atoms with E-state index in [9.17, 15) is 9.59 Å². The molecule has 0 spiro atoms. The fraction of sp³-hybridized carbons (Fsp3) is 0.917. The summed E-state index contributed by atoms with van der Waals surface area (Å²) in [5.41, 5.74) is -0.320. The molecule has 0 aliphatic heterocycles. The maximum Gasteiger partial charge on any atom is 0.408 e. The second-order valence-electron chi connectivity index (χ2n) is 10.4. The molecule has 0 bridgehead atoms. The van der Waals surface area contributed by atoms with E-state index in [0.717, 1.165) is 32.3 Å². The number of nitrogens with one attached hydrogen (secondary N) is 1. The molecule has 1 amide bonds. The van der Waals surface area contributed by atoms with Crippen molar-refractivity contribution in [3.63, 3.8) is 0 Å². The molecule has 1 N–H and O–H groups in total. The minimum absolute atomic E-state index is 0.0238. The highest BCUT2D eigenvalue weighted by molar-refractivity contribution is 5.84. The van der Waals surface area contributed by atoms with Crippen molar-refractivity contribution in [1.29, 1.82) is 0 Å². The summed E-state index contributed by atoms with van der Waals surface area (Å²) >= 11 is 0. The second kappa shape index (κ2) is 12.6. The molecule has 0 saturated heterocycles. The van der Waals surface area contributed by atoms with Crippen molar-refractivity contribution in [1.82, 2.24) is 5.32 Å². The molecule has 0 heterocycles. The quantitative estimate of drug-likeness (QED) is 0.397. The predicted molar refractivity (Wildman–Crippen MR) is 118 cm³/mol. The zero-order chi connectivity index (χ0) is 21.9. The van der Waals surface area contributed by atoms with Crippen LogP contribution in [0.1, 0.15) is 106 Å². The van der Waals surface area contributed by atoms with E-state index in [2.05, 4.69) is 26.1 Å². The molecule has 0 aromatic rings. The van der Waals surface area contributed by atoms with E-state index in [0.29, 0.717) is 6.42 Å². The Bertz CT molecular complexity index is 496. The topological polar surface area (TPSA) is 64.6 Å². The summed E-state index contributed by atoms with van der Waals surface area (Å²) < 4.78 is 11.4. The zero-order valence-corrected chi connectivity index (χ0v) is 19.8. The van der Waals surface area contributed by atoms with Crippen molar-refractivity contribution in [2.75, 3.05) is 13.2 Å². The standard InChI is InChI=1S/C24H45NO4/c1-7-8-9-10-11-12-15-28-21-13-14-24(5,6)17-19(21)16-20(26)18-25-22(27)29-23(2,3)4/h19,21H,7-18H2,1-6H3,(H,25,27)/t19-,21-/m1/s1. The second-order valence-corrected chi connectivity index (χ2v) is 10.4. The molecular formula is C24H45NO4. The number of amides is 1. The fourth-order valence-electron chi connectivity index (χ4n) is 4.10. The number of hydrogen-bond acceptors (Lipinski definition) is 4. The molecule has 1 saturated carbocycles. The van der Waals surface area contributed by atoms with Crippen LogP contribution in [0.5, 0.6) is 0 Å². The first-order chi connectivity index (χ1) is 13.5. The molecule has 0 unspecified atom stereocenters. The number of carbonyl (C=O) groups excluding carboxylic acids is 2. The SMILES string of the molecule is CCCCCCCCO[C@@H]1CCC(C)(C)C[C@H]1CC(=O)CNC(=O)OC(C)(C)C. The van der Waals surface area contributed by atoms with Crippen LogP contribution in [0, 0.1) is 11.3 Å². The van der Waals surface area contributed by atoms with Gasteiger partial charge in [0.15, 0.2) is 5.78 Å². The van der Waals surface area contributed by atoms with Crippen molar-refractivity contribution < 1.29 is 19.1 Å². The van der Waals surface area contributed by atoms with Crippen LogP contribution in [-0.4, -0.2) is 36.7 Å². The van der Waals surface area contributed by atoms with Gasteiger partial charge in [-0.25, -0.2) is 4.79 Å². The summed E-state index contributed by atoms with van der Waals surface area (Å²) in [6.07, 6.45) is 10.7. The van der Waals surface area contributed by atoms with Crippen LogP contribution < -0.4 is 5.32 Å². The lowest BCUT2D eigenvalue weighted by Gasteiger charge is -2.40. The third-order valence-electron chi connectivity index (χ3n) is 5.59. The maximum absolute atomic E-state index is 12.5. The van der Waals surface area contributed by atoms with Crippen LogP contribution in [0.4, 0.5) is 4.79 Å². The summed E-state index contributed by atoms with van der Waals surface area (Å²) in [7, 11) is 0. The third kappa shape index (κ3) is 12.2. The number of ether oxygens (including phenoxy) is 2. The van der Waals surface area contributed by atoms with E-state index in [1.807, 2.05) is 20.8 Å². The number of Topliss-reactive ketones (excluding diaryl/α,β-unsaturated/α-hetero) is 1. The number of hydrogen-bond donors (Lipinski definition) is 1. The van der Waals surface area contributed by atoms with Gasteiger partial charge in [-0.2, -0.15) is 0 Å². The minimum atomic E-state index is -0.560. The highest BCUT2D eigenvalue weighted by Crippen LogP contribution is 2.41. The first kappa shape index (κ1) is 25.9. The average Bonchev–Trinajstić information content (AvgIpc) is 2.59. The molecule has 0 radical (unpaired) electrons. The van der Waals surface area contributed by atoms with Gasteiger partial charge in [0.05, 0.1) is 12.6 Å². The van der Waals surface area contributed by atoms with Gasteiger partial charge in [0.2, 0.25) is 0 Å². The van der Waals surface area contributed by atoms with Gasteiger partial charge < -0.3 is 14.8 Å². The molecule has 1 fully saturated rings. The Balaban J connectivity index is 2.41. The van der Waals surface area contributed by atoms with Crippen LogP contribution in [-0.2, 0) is 14.3 Å². The van der Waals surface area contributed by atoms with E-state index in [-0.39, 0.29) is 29.8 Å². The number of unbranched alkanes of at least 4 members (excludes halogenated alkanes) is 5. The normalized spacial score (nSPS) is 21.6. The zero-order valence-electron chi connectivity index (χ0n) is 19.8. The smallest absolute Gasteiger partial charge is 0.408 e. The molecule has 5 heteroatoms. The summed E-state index contributed by atoms with van der Waals surface area (Å²) in [5, 5.41) is 2.59. The van der Waals surface area contributed by atoms with Crippen LogP contribution >= 0.6 is 0 Å². The Morgan fingerprint density at radius 2 is 1.72 bits per heavy atom. The van der Waals surface area contributed by atoms with Gasteiger partial charge in [0.25, 0.3) is 0 Å². The van der Waals surface area contributed by atoms with Crippen LogP contribution in [0.25, 0.3) is 0 Å². The Kier molecular flexibility index (Phi) is 11.2. The van der Waals surface area contributed by atoms with Crippen molar-refractivity contribution in [2.45, 2.75) is 117 Å². The van der Waals surface area contributed by atoms with E-state index < -0.39 is 11.7 Å². The molecule has 2 atom stereocenters. The number of carbonyl (C=O) groups is 2. The van der Waals surface area contributed by atoms with Gasteiger partial charge in [-0.1, -0.05) is 52.9 Å². The maximum atomic E-state index is 12.5. The van der Waals surface area contributed by atoms with Crippen molar-refractivity contribution in [3.05, 3.63) is 0 Å². The minimum Gasteiger partial charge on any atom is -0.444 e. The lowest BCUT2D eigenvalue weighted by atomic mass is 9.69. The van der Waals surface area contributed by atoms with Gasteiger partial charge in [0.1, 0.15) is 5.60 Å². The highest BCUT2D eigenvalue weighted by atomic mass is 16.6. The van der Waals surface area contributed by atoms with E-state index in [1.54, 1.807) is 0 Å². The molecule has 0 aromatic carbocycles. The van der Waals surface area contributed by atoms with Crippen molar-refractivity contribution in [3.8, 4) is 0 Å². The van der Waals surface area contributed by atoms with Crippen LogP contribution in [0.2, 0.25) is 0 Å². The Hall–Kier alpha value is -1.10. The molecule has 0 aromatic heterocycles. The summed E-state index contributed by atoms with van der Waals surface area (Å²) in [6.45, 7) is 13.0. The summed E-state index contributed by atoms with van der Waals surface area (Å²) in [4.78, 5) is 24.3. The molecule has 170 valence electrons. The molecule has 1 rings (SSSR count). The lowest BCUT2D eigenvalue weighted by Crippen LogP contribution is -2.39. The average molecular weight is 412 g/mol. The third-order valence-corrected chi connectivity index (χ3v) is 5.59. The van der Waals surface area contributed by atoms with Gasteiger partial charge in [-0.3, -0.25) is 4.79 Å². The first-order valence-corrected chi connectivity index (χ1v) is 11.6. The first-order valence-electron chi connectivity index (χ1n) is 11.6. The Morgan fingerprint density at radius 3 is 2.38 bits per heavy atom. The largest absolute Gasteiger partial charge is 0.444 e. The van der Waals surface area contributed by atoms with Gasteiger partial charge >= 0.3 is 6.09 Å². The number of rotatable bonds is 12. The lowest BCUT2D eigenvalue weighted by molar-refractivity contribution is -0.122. The van der Waals surface area contributed by atoms with Crippen molar-refractivity contribution in [2.24, 2.45) is 11.3 Å². The monoisotopic (exact) mass is 411 g/mol. The van der Waals surface area contributed by atoms with Crippen LogP contribution in [0.3, 0.4) is 0 Å². The van der Waals surface area contributed by atoms with E-state index in [1.165, 1.54) is 32.1 Å². The van der Waals surface area contributed by atoms with E-state index in [4.69, 9.17) is 9.47 Å². The molecule has 29 heavy (non-hydrogen) atoms. The van der Waals surface area contributed by atoms with Gasteiger partial charge in [0, 0.05) is 13.0 Å². The van der Waals surface area contributed by atoms with E-state index >= 15 is 0 Å². The summed E-state index contributed by atoms with van der Waals surface area (Å²) in [5.74, 6) is 0.276. The fourth-order valence-corrected chi connectivity index (χ4v) is 4.10. The number of ketones is 1. The Morgan fingerprint density at radius 1 is 1.07 bits per heavy atom. The van der Waals surface area contributed by atoms with Crippen LogP contribution in [0.15, 0.2) is 0 Å². The highest BCUT2D eigenvalue weighted by Gasteiger charge is 2.36. The van der Waals surface area contributed by atoms with Gasteiger partial charge in [-0.15, -0.1) is 0 Å². The summed E-state index contributed by atoms with van der Waals surface area (Å²) in [6, 6.07) is 0. The molecular weight excluding hydrogens is 366 g/mol. The Labute approximate surface area is 178 Å². The molecule has 1 aliphatic rings. The number of alkyl carbamates (subject to hydrolysis) is 1. The van der Waals surface area contributed by atoms with Crippen molar-refractivity contribution >= 4 is 11.9 Å².